The van der Waals surface area contributed by atoms with E-state index in [2.05, 4.69) is 26.3 Å². The second-order valence-electron chi connectivity index (χ2n) is 6.05. The topological polar surface area (TPSA) is 118 Å². The molecule has 2 aromatic heterocycles. The van der Waals surface area contributed by atoms with Crippen molar-refractivity contribution in [2.75, 3.05) is 6.54 Å². The van der Waals surface area contributed by atoms with Gasteiger partial charge in [0.05, 0.1) is 24.0 Å². The Hall–Kier alpha value is -3.27. The van der Waals surface area contributed by atoms with Crippen molar-refractivity contribution in [2.24, 2.45) is 0 Å². The number of fused-ring (bicyclic) bond motifs is 1. The molecule has 3 N–H and O–H groups in total. The highest BCUT2D eigenvalue weighted by Crippen LogP contribution is 2.15. The van der Waals surface area contributed by atoms with Gasteiger partial charge in [-0.15, -0.1) is 11.3 Å². The van der Waals surface area contributed by atoms with Crippen LogP contribution in [0.3, 0.4) is 0 Å². The molecule has 146 valence electrons. The highest BCUT2D eigenvalue weighted by atomic mass is 32.1. The maximum Gasteiger partial charge on any atom is 0.333 e. The van der Waals surface area contributed by atoms with Crippen LogP contribution in [0.25, 0.3) is 10.8 Å². The summed E-state index contributed by atoms with van der Waals surface area (Å²) in [6.45, 7) is 4.32. The Bertz CT molecular complexity index is 1070. The average molecular weight is 400 g/mol. The fraction of sp³-hybridized carbons (Fsp3) is 0.278. The second kappa shape index (κ2) is 8.61. The quantitative estimate of drug-likeness (QED) is 0.555. The van der Waals surface area contributed by atoms with Crippen LogP contribution in [-0.2, 0) is 17.8 Å². The van der Waals surface area contributed by atoms with E-state index in [-0.39, 0.29) is 18.5 Å². The number of hydrogen-bond donors (Lipinski definition) is 3. The summed E-state index contributed by atoms with van der Waals surface area (Å²) in [5.74, 6) is -0.445. The van der Waals surface area contributed by atoms with E-state index in [9.17, 15) is 14.4 Å². The van der Waals surface area contributed by atoms with E-state index in [1.54, 1.807) is 31.2 Å². The number of nitrogens with zero attached hydrogens (tertiary/aromatic N) is 3. The fourth-order valence-corrected chi connectivity index (χ4v) is 3.43. The molecule has 2 heterocycles. The van der Waals surface area contributed by atoms with E-state index >= 15 is 0 Å². The fourth-order valence-electron chi connectivity index (χ4n) is 2.67. The van der Waals surface area contributed by atoms with Crippen molar-refractivity contribution in [3.63, 3.8) is 0 Å². The van der Waals surface area contributed by atoms with Crippen LogP contribution in [0.1, 0.15) is 23.3 Å². The number of aromatic nitrogens is 3. The van der Waals surface area contributed by atoms with Gasteiger partial charge in [-0.1, -0.05) is 18.2 Å². The van der Waals surface area contributed by atoms with Crippen LogP contribution in [0.2, 0.25) is 0 Å². The van der Waals surface area contributed by atoms with Crippen LogP contribution < -0.4 is 21.7 Å². The van der Waals surface area contributed by atoms with Gasteiger partial charge in [-0.3, -0.25) is 15.0 Å². The molecule has 3 aromatic rings. The Labute approximate surface area is 164 Å². The van der Waals surface area contributed by atoms with Crippen molar-refractivity contribution >= 4 is 34.0 Å². The van der Waals surface area contributed by atoms with E-state index in [4.69, 9.17) is 0 Å². The first kappa shape index (κ1) is 19.5. The first-order valence-electron chi connectivity index (χ1n) is 8.70. The zero-order chi connectivity index (χ0) is 20.1. The lowest BCUT2D eigenvalue weighted by Crippen LogP contribution is -2.47. The molecule has 0 unspecified atom stereocenters. The van der Waals surface area contributed by atoms with Crippen molar-refractivity contribution in [3.05, 3.63) is 56.4 Å². The van der Waals surface area contributed by atoms with Crippen LogP contribution >= 0.6 is 11.3 Å². The van der Waals surface area contributed by atoms with Gasteiger partial charge in [0.2, 0.25) is 5.91 Å². The molecule has 3 rings (SSSR count). The van der Waals surface area contributed by atoms with Crippen molar-refractivity contribution in [1.82, 2.24) is 30.9 Å². The zero-order valence-corrected chi connectivity index (χ0v) is 16.3. The molecule has 9 nitrogen and oxygen atoms in total. The number of urea groups is 1. The van der Waals surface area contributed by atoms with E-state index in [0.717, 1.165) is 10.7 Å². The van der Waals surface area contributed by atoms with Gasteiger partial charge in [-0.25, -0.2) is 19.9 Å². The molecule has 0 atom stereocenters. The maximum absolute atomic E-state index is 12.8. The third kappa shape index (κ3) is 4.52. The standard InChI is InChI=1S/C18H20N6O3S/c1-3-19-18(27)22-21-15(25)8-14-12-6-4-5-7-13(12)17(26)24(23-14)9-16-20-11(2)10-28-16/h4-7,10H,3,8-9H2,1-2H3,(H,21,25)(H2,19,22,27). The summed E-state index contributed by atoms with van der Waals surface area (Å²) in [4.78, 5) is 40.8. The molecule has 0 aliphatic rings. The van der Waals surface area contributed by atoms with Crippen LogP contribution in [-0.4, -0.2) is 33.2 Å². The monoisotopic (exact) mass is 400 g/mol. The van der Waals surface area contributed by atoms with Crippen LogP contribution in [0.15, 0.2) is 34.4 Å². The average Bonchev–Trinajstić information content (AvgIpc) is 3.09. The summed E-state index contributed by atoms with van der Waals surface area (Å²) in [5.41, 5.74) is 5.68. The Morgan fingerprint density at radius 1 is 1.18 bits per heavy atom. The third-order valence-electron chi connectivity index (χ3n) is 3.88. The minimum Gasteiger partial charge on any atom is -0.337 e. The largest absolute Gasteiger partial charge is 0.337 e. The normalized spacial score (nSPS) is 10.6. The summed E-state index contributed by atoms with van der Waals surface area (Å²) in [5, 5.41) is 10.6. The van der Waals surface area contributed by atoms with Gasteiger partial charge in [-0.2, -0.15) is 5.10 Å². The van der Waals surface area contributed by atoms with Crippen LogP contribution in [0.5, 0.6) is 0 Å². The zero-order valence-electron chi connectivity index (χ0n) is 15.5. The van der Waals surface area contributed by atoms with Crippen LogP contribution in [0.4, 0.5) is 4.79 Å². The van der Waals surface area contributed by atoms with Gasteiger partial charge in [0.1, 0.15) is 5.01 Å². The first-order valence-corrected chi connectivity index (χ1v) is 9.58. The number of hydrogen-bond acceptors (Lipinski definition) is 6. The van der Waals surface area contributed by atoms with Crippen molar-refractivity contribution in [2.45, 2.75) is 26.8 Å². The molecule has 0 radical (unpaired) electrons. The Morgan fingerprint density at radius 3 is 2.61 bits per heavy atom. The maximum atomic E-state index is 12.8. The molecule has 0 spiro atoms. The lowest BCUT2D eigenvalue weighted by atomic mass is 10.1. The molecule has 0 aliphatic heterocycles. The van der Waals surface area contributed by atoms with Crippen molar-refractivity contribution in [1.29, 1.82) is 0 Å². The number of amides is 3. The second-order valence-corrected chi connectivity index (χ2v) is 6.99. The minimum absolute atomic E-state index is 0.0932. The lowest BCUT2D eigenvalue weighted by Gasteiger charge is -2.11. The Balaban J connectivity index is 1.88. The highest BCUT2D eigenvalue weighted by molar-refractivity contribution is 7.09. The molecule has 0 saturated heterocycles. The third-order valence-corrected chi connectivity index (χ3v) is 4.83. The molecule has 0 fully saturated rings. The van der Waals surface area contributed by atoms with E-state index in [1.807, 2.05) is 12.3 Å². The number of benzene rings is 1. The SMILES string of the molecule is CCNC(=O)NNC(=O)Cc1nn(Cc2nc(C)cs2)c(=O)c2ccccc12. The molecule has 1 aromatic carbocycles. The molecule has 10 heteroatoms. The minimum atomic E-state index is -0.502. The Kier molecular flexibility index (Phi) is 5.99. The summed E-state index contributed by atoms with van der Waals surface area (Å²) in [6.07, 6.45) is -0.0932. The van der Waals surface area contributed by atoms with Crippen LogP contribution in [0, 0.1) is 6.92 Å². The molecular formula is C18H20N6O3S. The van der Waals surface area contributed by atoms with Crippen molar-refractivity contribution in [3.8, 4) is 0 Å². The number of carbonyl (C=O) groups is 2. The van der Waals surface area contributed by atoms with Crippen molar-refractivity contribution < 1.29 is 9.59 Å². The van der Waals surface area contributed by atoms with E-state index in [0.29, 0.717) is 23.0 Å². The number of aryl methyl sites for hydroxylation is 1. The first-order chi connectivity index (χ1) is 13.5. The molecule has 28 heavy (non-hydrogen) atoms. The summed E-state index contributed by atoms with van der Waals surface area (Å²) in [7, 11) is 0. The van der Waals surface area contributed by atoms with Gasteiger partial charge in [0.15, 0.2) is 0 Å². The number of hydrazine groups is 1. The molecular weight excluding hydrogens is 380 g/mol. The Morgan fingerprint density at radius 2 is 1.93 bits per heavy atom. The predicted molar refractivity (Wildman–Crippen MR) is 106 cm³/mol. The number of rotatable bonds is 5. The smallest absolute Gasteiger partial charge is 0.333 e. The predicted octanol–water partition coefficient (Wildman–Crippen LogP) is 1.10. The van der Waals surface area contributed by atoms with Gasteiger partial charge >= 0.3 is 6.03 Å². The van der Waals surface area contributed by atoms with E-state index < -0.39 is 11.9 Å². The van der Waals surface area contributed by atoms with Gasteiger partial charge in [0.25, 0.3) is 5.56 Å². The number of carbonyl (C=O) groups excluding carboxylic acids is 2. The summed E-state index contributed by atoms with van der Waals surface area (Å²) < 4.78 is 1.32. The van der Waals surface area contributed by atoms with Gasteiger partial charge in [-0.05, 0) is 19.9 Å². The summed E-state index contributed by atoms with van der Waals surface area (Å²) >= 11 is 1.45. The van der Waals surface area contributed by atoms with E-state index in [1.165, 1.54) is 16.0 Å². The lowest BCUT2D eigenvalue weighted by molar-refractivity contribution is -0.121. The number of thiazole rings is 1. The molecule has 0 saturated carbocycles. The summed E-state index contributed by atoms with van der Waals surface area (Å²) in [6, 6.07) is 6.51. The molecule has 0 aliphatic carbocycles. The number of nitrogens with one attached hydrogen (secondary N) is 3. The van der Waals surface area contributed by atoms with Gasteiger partial charge < -0.3 is 5.32 Å². The highest BCUT2D eigenvalue weighted by Gasteiger charge is 2.15. The molecule has 0 bridgehead atoms. The molecule has 3 amide bonds. The van der Waals surface area contributed by atoms with Gasteiger partial charge in [0, 0.05) is 23.0 Å².